The van der Waals surface area contributed by atoms with Crippen molar-refractivity contribution in [2.45, 2.75) is 12.8 Å². The maximum Gasteiger partial charge on any atom is 0.181 e. The molecule has 0 fully saturated rings. The topological polar surface area (TPSA) is 38.1 Å². The van der Waals surface area contributed by atoms with Crippen LogP contribution < -0.4 is 5.32 Å². The largest absolute Gasteiger partial charge is 0.444 e. The standard InChI is InChI=1S/C14H18N2OS/c1-18-8-3-2-7-16-13-6-4-5-12(9-13)14-10-15-11-17-14/h4-6,9-11,16H,2-3,7-8H2,1H3. The van der Waals surface area contributed by atoms with Gasteiger partial charge in [0.05, 0.1) is 6.20 Å². The molecule has 96 valence electrons. The average molecular weight is 262 g/mol. The van der Waals surface area contributed by atoms with Crippen LogP contribution in [0.3, 0.4) is 0 Å². The molecule has 1 heterocycles. The average Bonchev–Trinajstić information content (AvgIpc) is 2.93. The van der Waals surface area contributed by atoms with Crippen molar-refractivity contribution in [3.05, 3.63) is 36.9 Å². The van der Waals surface area contributed by atoms with Gasteiger partial charge in [-0.3, -0.25) is 0 Å². The first-order valence-electron chi connectivity index (χ1n) is 6.12. The molecular formula is C14H18N2OS. The molecule has 2 rings (SSSR count). The van der Waals surface area contributed by atoms with E-state index >= 15 is 0 Å². The van der Waals surface area contributed by atoms with Gasteiger partial charge in [0, 0.05) is 17.8 Å². The molecule has 0 spiro atoms. The number of benzene rings is 1. The summed E-state index contributed by atoms with van der Waals surface area (Å²) in [6.07, 6.45) is 7.80. The first kappa shape index (κ1) is 13.0. The predicted octanol–water partition coefficient (Wildman–Crippen LogP) is 3.90. The maximum atomic E-state index is 5.29. The summed E-state index contributed by atoms with van der Waals surface area (Å²) in [4.78, 5) is 3.93. The molecule has 0 atom stereocenters. The summed E-state index contributed by atoms with van der Waals surface area (Å²) in [5.41, 5.74) is 2.19. The van der Waals surface area contributed by atoms with Crippen LogP contribution >= 0.6 is 11.8 Å². The Morgan fingerprint density at radius 2 is 2.28 bits per heavy atom. The van der Waals surface area contributed by atoms with Crippen LogP contribution in [0.5, 0.6) is 0 Å². The molecule has 0 aliphatic heterocycles. The van der Waals surface area contributed by atoms with Crippen LogP contribution in [0.15, 0.2) is 41.3 Å². The van der Waals surface area contributed by atoms with E-state index in [2.05, 4.69) is 28.7 Å². The second-order valence-electron chi connectivity index (χ2n) is 4.07. The maximum absolute atomic E-state index is 5.29. The molecule has 0 bridgehead atoms. The summed E-state index contributed by atoms with van der Waals surface area (Å²) in [5, 5.41) is 3.43. The van der Waals surface area contributed by atoms with Crippen molar-refractivity contribution in [2.24, 2.45) is 0 Å². The van der Waals surface area contributed by atoms with Gasteiger partial charge in [-0.05, 0) is 37.0 Å². The lowest BCUT2D eigenvalue weighted by Crippen LogP contribution is -2.01. The van der Waals surface area contributed by atoms with Gasteiger partial charge in [0.25, 0.3) is 0 Å². The number of unbranched alkanes of at least 4 members (excludes halogenated alkanes) is 1. The third kappa shape index (κ3) is 3.81. The lowest BCUT2D eigenvalue weighted by Gasteiger charge is -2.07. The molecule has 4 heteroatoms. The molecule has 1 aromatic carbocycles. The van der Waals surface area contributed by atoms with E-state index in [9.17, 15) is 0 Å². The van der Waals surface area contributed by atoms with Gasteiger partial charge < -0.3 is 9.73 Å². The highest BCUT2D eigenvalue weighted by Gasteiger charge is 2.01. The molecule has 1 aromatic heterocycles. The second-order valence-corrected chi connectivity index (χ2v) is 5.06. The second kappa shape index (κ2) is 7.11. The molecule has 2 aromatic rings. The van der Waals surface area contributed by atoms with Gasteiger partial charge in [0.1, 0.15) is 0 Å². The lowest BCUT2D eigenvalue weighted by molar-refractivity contribution is 0.572. The van der Waals surface area contributed by atoms with E-state index in [0.29, 0.717) is 0 Å². The number of rotatable bonds is 7. The summed E-state index contributed by atoms with van der Waals surface area (Å²) in [5.74, 6) is 2.04. The Morgan fingerprint density at radius 3 is 3.06 bits per heavy atom. The quantitative estimate of drug-likeness (QED) is 0.768. The van der Waals surface area contributed by atoms with E-state index in [0.717, 1.165) is 23.6 Å². The van der Waals surface area contributed by atoms with Crippen molar-refractivity contribution in [2.75, 3.05) is 23.9 Å². The summed E-state index contributed by atoms with van der Waals surface area (Å²) in [6.45, 7) is 1.01. The molecular weight excluding hydrogens is 244 g/mol. The molecule has 0 unspecified atom stereocenters. The molecule has 3 nitrogen and oxygen atoms in total. The van der Waals surface area contributed by atoms with Crippen LogP contribution in [0.1, 0.15) is 12.8 Å². The summed E-state index contributed by atoms with van der Waals surface area (Å²) in [6, 6.07) is 8.23. The van der Waals surface area contributed by atoms with E-state index in [4.69, 9.17) is 4.42 Å². The molecule has 18 heavy (non-hydrogen) atoms. The SMILES string of the molecule is CSCCCCNc1cccc(-c2cnco2)c1. The Labute approximate surface area is 112 Å². The minimum Gasteiger partial charge on any atom is -0.444 e. The summed E-state index contributed by atoms with van der Waals surface area (Å²) in [7, 11) is 0. The molecule has 0 radical (unpaired) electrons. The highest BCUT2D eigenvalue weighted by atomic mass is 32.2. The molecule has 0 aliphatic carbocycles. The van der Waals surface area contributed by atoms with Gasteiger partial charge >= 0.3 is 0 Å². The fraction of sp³-hybridized carbons (Fsp3) is 0.357. The first-order valence-corrected chi connectivity index (χ1v) is 7.51. The van der Waals surface area contributed by atoms with E-state index in [-0.39, 0.29) is 0 Å². The number of oxazole rings is 1. The number of hydrogen-bond acceptors (Lipinski definition) is 4. The van der Waals surface area contributed by atoms with Crippen molar-refractivity contribution in [3.63, 3.8) is 0 Å². The third-order valence-corrected chi connectivity index (χ3v) is 3.38. The third-order valence-electron chi connectivity index (χ3n) is 2.68. The van der Waals surface area contributed by atoms with Crippen molar-refractivity contribution >= 4 is 17.4 Å². The number of nitrogens with zero attached hydrogens (tertiary/aromatic N) is 1. The van der Waals surface area contributed by atoms with Gasteiger partial charge in [-0.25, -0.2) is 4.98 Å². The zero-order valence-electron chi connectivity index (χ0n) is 10.6. The van der Waals surface area contributed by atoms with Gasteiger partial charge in [-0.2, -0.15) is 11.8 Å². The minimum absolute atomic E-state index is 0.807. The normalized spacial score (nSPS) is 10.5. The smallest absolute Gasteiger partial charge is 0.181 e. The molecule has 0 saturated heterocycles. The molecule has 1 N–H and O–H groups in total. The highest BCUT2D eigenvalue weighted by Crippen LogP contribution is 2.21. The Kier molecular flexibility index (Phi) is 5.15. The molecule has 0 aliphatic rings. The summed E-state index contributed by atoms with van der Waals surface area (Å²) < 4.78 is 5.29. The predicted molar refractivity (Wildman–Crippen MR) is 78.0 cm³/mol. The van der Waals surface area contributed by atoms with Crippen molar-refractivity contribution < 1.29 is 4.42 Å². The monoisotopic (exact) mass is 262 g/mol. The Balaban J connectivity index is 1.88. The number of anilines is 1. The van der Waals surface area contributed by atoms with Crippen molar-refractivity contribution in [3.8, 4) is 11.3 Å². The number of hydrogen-bond donors (Lipinski definition) is 1. The van der Waals surface area contributed by atoms with Crippen molar-refractivity contribution in [1.29, 1.82) is 0 Å². The van der Waals surface area contributed by atoms with Crippen LogP contribution in [0, 0.1) is 0 Å². The zero-order chi connectivity index (χ0) is 12.6. The van der Waals surface area contributed by atoms with Gasteiger partial charge in [-0.1, -0.05) is 12.1 Å². The Hall–Kier alpha value is -1.42. The zero-order valence-corrected chi connectivity index (χ0v) is 11.4. The molecule has 0 saturated carbocycles. The lowest BCUT2D eigenvalue weighted by atomic mass is 10.1. The highest BCUT2D eigenvalue weighted by molar-refractivity contribution is 7.98. The van der Waals surface area contributed by atoms with Crippen LogP contribution in [0.2, 0.25) is 0 Å². The number of nitrogens with one attached hydrogen (secondary N) is 1. The first-order chi connectivity index (χ1) is 8.90. The van der Waals surface area contributed by atoms with E-state index in [1.165, 1.54) is 25.0 Å². The van der Waals surface area contributed by atoms with Crippen molar-refractivity contribution in [1.82, 2.24) is 4.98 Å². The van der Waals surface area contributed by atoms with Gasteiger partial charge in [-0.15, -0.1) is 0 Å². The number of thioether (sulfide) groups is 1. The number of aromatic nitrogens is 1. The Morgan fingerprint density at radius 1 is 1.33 bits per heavy atom. The Bertz CT molecular complexity index is 457. The fourth-order valence-corrected chi connectivity index (χ4v) is 2.24. The summed E-state index contributed by atoms with van der Waals surface area (Å²) >= 11 is 1.90. The molecule has 0 amide bonds. The van der Waals surface area contributed by atoms with Crippen LogP contribution in [-0.4, -0.2) is 23.5 Å². The van der Waals surface area contributed by atoms with Crippen LogP contribution in [0.25, 0.3) is 11.3 Å². The van der Waals surface area contributed by atoms with Crippen LogP contribution in [0.4, 0.5) is 5.69 Å². The van der Waals surface area contributed by atoms with Gasteiger partial charge in [0.15, 0.2) is 12.2 Å². The van der Waals surface area contributed by atoms with E-state index in [1.54, 1.807) is 6.20 Å². The van der Waals surface area contributed by atoms with E-state index < -0.39 is 0 Å². The van der Waals surface area contributed by atoms with Gasteiger partial charge in [0.2, 0.25) is 0 Å². The fourth-order valence-electron chi connectivity index (χ4n) is 1.74. The van der Waals surface area contributed by atoms with Crippen LogP contribution in [-0.2, 0) is 0 Å². The van der Waals surface area contributed by atoms with E-state index in [1.807, 2.05) is 23.9 Å². The minimum atomic E-state index is 0.807.